The standard InChI is InChI=1S/C22H21ClN2O5S/c1-12(21(27)24-15-8-9-29-17-5-3-2-4-14(15)17)30-20(26)11-19-22(28)25-16-10-13(23)6-7-18(16)31-19/h2-7,10,12,15,19H,8-9,11H2,1H3,(H,24,27)(H,25,28). The second-order valence-corrected chi connectivity index (χ2v) is 8.99. The summed E-state index contributed by atoms with van der Waals surface area (Å²) in [6.45, 7) is 2.01. The van der Waals surface area contributed by atoms with Crippen molar-refractivity contribution < 1.29 is 23.9 Å². The molecule has 0 bridgehead atoms. The summed E-state index contributed by atoms with van der Waals surface area (Å²) >= 11 is 7.22. The van der Waals surface area contributed by atoms with Gasteiger partial charge in [-0.25, -0.2) is 0 Å². The summed E-state index contributed by atoms with van der Waals surface area (Å²) in [5.41, 5.74) is 1.52. The van der Waals surface area contributed by atoms with Crippen molar-refractivity contribution in [3.8, 4) is 5.75 Å². The average Bonchev–Trinajstić information content (AvgIpc) is 2.74. The molecule has 2 N–H and O–H groups in total. The predicted molar refractivity (Wildman–Crippen MR) is 117 cm³/mol. The van der Waals surface area contributed by atoms with Crippen LogP contribution in [0.5, 0.6) is 5.75 Å². The first-order valence-electron chi connectivity index (χ1n) is 9.89. The number of esters is 1. The van der Waals surface area contributed by atoms with E-state index in [1.54, 1.807) is 18.2 Å². The minimum Gasteiger partial charge on any atom is -0.493 e. The van der Waals surface area contributed by atoms with Gasteiger partial charge in [0.05, 0.1) is 30.0 Å². The number of benzene rings is 2. The Hall–Kier alpha value is -2.71. The minimum absolute atomic E-state index is 0.143. The number of thioether (sulfide) groups is 1. The molecule has 2 aliphatic rings. The molecule has 0 aromatic heterocycles. The van der Waals surface area contributed by atoms with Gasteiger partial charge >= 0.3 is 5.97 Å². The van der Waals surface area contributed by atoms with Crippen LogP contribution in [0.2, 0.25) is 5.02 Å². The topological polar surface area (TPSA) is 93.7 Å². The van der Waals surface area contributed by atoms with Gasteiger partial charge in [-0.05, 0) is 31.2 Å². The smallest absolute Gasteiger partial charge is 0.308 e. The van der Waals surface area contributed by atoms with Crippen molar-refractivity contribution in [3.05, 3.63) is 53.1 Å². The molecule has 0 saturated carbocycles. The first-order valence-corrected chi connectivity index (χ1v) is 11.1. The van der Waals surface area contributed by atoms with Crippen LogP contribution >= 0.6 is 23.4 Å². The Balaban J connectivity index is 1.32. The number of amides is 2. The predicted octanol–water partition coefficient (Wildman–Crippen LogP) is 3.71. The van der Waals surface area contributed by atoms with E-state index in [9.17, 15) is 14.4 Å². The highest BCUT2D eigenvalue weighted by Crippen LogP contribution is 2.38. The molecule has 0 spiro atoms. The van der Waals surface area contributed by atoms with Crippen molar-refractivity contribution in [2.24, 2.45) is 0 Å². The van der Waals surface area contributed by atoms with Crippen molar-refractivity contribution in [2.45, 2.75) is 42.1 Å². The van der Waals surface area contributed by atoms with Crippen LogP contribution in [0, 0.1) is 0 Å². The molecule has 0 fully saturated rings. The normalized spacial score (nSPS) is 20.4. The molecule has 162 valence electrons. The third kappa shape index (κ3) is 4.97. The van der Waals surface area contributed by atoms with Crippen molar-refractivity contribution in [3.63, 3.8) is 0 Å². The fraction of sp³-hybridized carbons (Fsp3) is 0.318. The lowest BCUT2D eigenvalue weighted by atomic mass is 10.0. The zero-order chi connectivity index (χ0) is 22.0. The molecular formula is C22H21ClN2O5S. The molecule has 0 radical (unpaired) electrons. The second kappa shape index (κ2) is 9.20. The number of para-hydroxylation sites is 1. The zero-order valence-electron chi connectivity index (χ0n) is 16.7. The van der Waals surface area contributed by atoms with Gasteiger partial charge in [0, 0.05) is 21.9 Å². The maximum absolute atomic E-state index is 12.6. The van der Waals surface area contributed by atoms with Crippen LogP contribution in [-0.2, 0) is 19.1 Å². The van der Waals surface area contributed by atoms with Crippen LogP contribution in [0.1, 0.15) is 31.4 Å². The van der Waals surface area contributed by atoms with E-state index in [1.165, 1.54) is 18.7 Å². The third-order valence-electron chi connectivity index (χ3n) is 5.07. The summed E-state index contributed by atoms with van der Waals surface area (Å²) in [4.78, 5) is 38.1. The van der Waals surface area contributed by atoms with E-state index < -0.39 is 23.2 Å². The number of fused-ring (bicyclic) bond motifs is 2. The molecule has 7 nitrogen and oxygen atoms in total. The molecule has 2 aromatic carbocycles. The van der Waals surface area contributed by atoms with Gasteiger partial charge < -0.3 is 20.1 Å². The van der Waals surface area contributed by atoms with E-state index in [0.29, 0.717) is 23.7 Å². The Morgan fingerprint density at radius 2 is 2.13 bits per heavy atom. The quantitative estimate of drug-likeness (QED) is 0.660. The maximum atomic E-state index is 12.6. The number of hydrogen-bond donors (Lipinski definition) is 2. The minimum atomic E-state index is -0.981. The number of nitrogens with one attached hydrogen (secondary N) is 2. The van der Waals surface area contributed by atoms with Gasteiger partial charge in [-0.15, -0.1) is 11.8 Å². The van der Waals surface area contributed by atoms with E-state index >= 15 is 0 Å². The summed E-state index contributed by atoms with van der Waals surface area (Å²) in [5.74, 6) is -0.561. The van der Waals surface area contributed by atoms with E-state index in [0.717, 1.165) is 16.2 Å². The number of carbonyl (C=O) groups excluding carboxylic acids is 3. The molecular weight excluding hydrogens is 440 g/mol. The van der Waals surface area contributed by atoms with Crippen molar-refractivity contribution in [2.75, 3.05) is 11.9 Å². The number of carbonyl (C=O) groups is 3. The lowest BCUT2D eigenvalue weighted by Crippen LogP contribution is -2.40. The van der Waals surface area contributed by atoms with Crippen LogP contribution in [0.4, 0.5) is 5.69 Å². The number of anilines is 1. The second-order valence-electron chi connectivity index (χ2n) is 7.31. The first-order chi connectivity index (χ1) is 14.9. The largest absolute Gasteiger partial charge is 0.493 e. The molecule has 3 unspecified atom stereocenters. The lowest BCUT2D eigenvalue weighted by molar-refractivity contribution is -0.155. The Labute approximate surface area is 188 Å². The SMILES string of the molecule is CC(OC(=O)CC1Sc2ccc(Cl)cc2NC1=O)C(=O)NC1CCOc2ccccc21. The van der Waals surface area contributed by atoms with Crippen LogP contribution < -0.4 is 15.4 Å². The van der Waals surface area contributed by atoms with Crippen LogP contribution in [0.25, 0.3) is 0 Å². The van der Waals surface area contributed by atoms with Crippen molar-refractivity contribution >= 4 is 46.8 Å². The molecule has 2 aliphatic heterocycles. The monoisotopic (exact) mass is 460 g/mol. The Kier molecular flexibility index (Phi) is 6.38. The van der Waals surface area contributed by atoms with Crippen molar-refractivity contribution in [1.29, 1.82) is 0 Å². The maximum Gasteiger partial charge on any atom is 0.308 e. The van der Waals surface area contributed by atoms with E-state index in [-0.39, 0.29) is 18.4 Å². The molecule has 2 heterocycles. The summed E-state index contributed by atoms with van der Waals surface area (Å²) in [5, 5.41) is 5.55. The summed E-state index contributed by atoms with van der Waals surface area (Å²) in [6.07, 6.45) is -0.493. The summed E-state index contributed by atoms with van der Waals surface area (Å²) < 4.78 is 10.9. The highest BCUT2D eigenvalue weighted by molar-refractivity contribution is 8.01. The molecule has 0 saturated heterocycles. The Bertz CT molecular complexity index is 1030. The summed E-state index contributed by atoms with van der Waals surface area (Å²) in [7, 11) is 0. The van der Waals surface area contributed by atoms with E-state index in [1.807, 2.05) is 24.3 Å². The van der Waals surface area contributed by atoms with Crippen LogP contribution in [-0.4, -0.2) is 35.7 Å². The van der Waals surface area contributed by atoms with E-state index in [4.69, 9.17) is 21.1 Å². The van der Waals surface area contributed by atoms with Crippen molar-refractivity contribution in [1.82, 2.24) is 5.32 Å². The van der Waals surface area contributed by atoms with Crippen LogP contribution in [0.3, 0.4) is 0 Å². The van der Waals surface area contributed by atoms with Gasteiger partial charge in [-0.2, -0.15) is 0 Å². The lowest BCUT2D eigenvalue weighted by Gasteiger charge is -2.28. The van der Waals surface area contributed by atoms with Gasteiger partial charge in [0.25, 0.3) is 5.91 Å². The van der Waals surface area contributed by atoms with Gasteiger partial charge in [-0.1, -0.05) is 29.8 Å². The number of halogens is 1. The third-order valence-corrected chi connectivity index (χ3v) is 6.58. The van der Waals surface area contributed by atoms with Gasteiger partial charge in [0.15, 0.2) is 6.10 Å². The number of hydrogen-bond acceptors (Lipinski definition) is 6. The van der Waals surface area contributed by atoms with Gasteiger partial charge in [0.1, 0.15) is 5.75 Å². The molecule has 31 heavy (non-hydrogen) atoms. The van der Waals surface area contributed by atoms with Crippen LogP contribution in [0.15, 0.2) is 47.4 Å². The Morgan fingerprint density at radius 1 is 1.32 bits per heavy atom. The van der Waals surface area contributed by atoms with Gasteiger partial charge in [0.2, 0.25) is 5.91 Å². The Morgan fingerprint density at radius 3 is 2.97 bits per heavy atom. The van der Waals surface area contributed by atoms with E-state index in [2.05, 4.69) is 10.6 Å². The zero-order valence-corrected chi connectivity index (χ0v) is 18.3. The molecule has 9 heteroatoms. The van der Waals surface area contributed by atoms with Gasteiger partial charge in [-0.3, -0.25) is 14.4 Å². The summed E-state index contributed by atoms with van der Waals surface area (Å²) in [6, 6.07) is 12.5. The highest BCUT2D eigenvalue weighted by atomic mass is 35.5. The molecule has 2 amide bonds. The number of ether oxygens (including phenoxy) is 2. The fourth-order valence-corrected chi connectivity index (χ4v) is 4.74. The molecule has 2 aromatic rings. The average molecular weight is 461 g/mol. The highest BCUT2D eigenvalue weighted by Gasteiger charge is 2.31. The first kappa shape index (κ1) is 21.5. The molecule has 3 atom stereocenters. The molecule has 0 aliphatic carbocycles. The molecule has 4 rings (SSSR count). The fourth-order valence-electron chi connectivity index (χ4n) is 3.49. The number of rotatable bonds is 5.